The predicted octanol–water partition coefficient (Wildman–Crippen LogP) is 4.37. The lowest BCUT2D eigenvalue weighted by atomic mass is 10.0. The first-order chi connectivity index (χ1) is 13.8. The molecule has 0 spiro atoms. The molecule has 0 aliphatic carbocycles. The lowest BCUT2D eigenvalue weighted by Crippen LogP contribution is -2.16. The quantitative estimate of drug-likeness (QED) is 0.557. The number of amides is 1. The summed E-state index contributed by atoms with van der Waals surface area (Å²) >= 11 is 0. The van der Waals surface area contributed by atoms with Gasteiger partial charge in [0.05, 0.1) is 17.5 Å². The van der Waals surface area contributed by atoms with Crippen molar-refractivity contribution >= 4 is 17.4 Å². The molecule has 0 fully saturated rings. The van der Waals surface area contributed by atoms with Gasteiger partial charge in [0, 0.05) is 11.8 Å². The van der Waals surface area contributed by atoms with Crippen LogP contribution in [0.15, 0.2) is 60.9 Å². The average molecular weight is 397 g/mol. The summed E-state index contributed by atoms with van der Waals surface area (Å²) in [5.41, 5.74) is 0.517. The summed E-state index contributed by atoms with van der Waals surface area (Å²) in [5, 5.41) is 6.87. The van der Waals surface area contributed by atoms with Gasteiger partial charge in [0.25, 0.3) is 5.91 Å². The van der Waals surface area contributed by atoms with Gasteiger partial charge in [-0.05, 0) is 42.8 Å². The van der Waals surface area contributed by atoms with E-state index >= 15 is 0 Å². The van der Waals surface area contributed by atoms with E-state index in [1.807, 2.05) is 6.92 Å². The minimum atomic E-state index is -4.53. The third-order valence-electron chi connectivity index (χ3n) is 4.26. The number of nitrogens with zero attached hydrogens (tertiary/aromatic N) is 4. The molecule has 0 radical (unpaired) electrons. The zero-order chi connectivity index (χ0) is 20.6. The largest absolute Gasteiger partial charge is 0.417 e. The number of carbonyl (C=O) groups is 1. The highest BCUT2D eigenvalue weighted by Gasteiger charge is 2.33. The van der Waals surface area contributed by atoms with E-state index in [0.717, 1.165) is 11.6 Å². The molecular weight excluding hydrogens is 383 g/mol. The van der Waals surface area contributed by atoms with Crippen molar-refractivity contribution in [3.8, 4) is 11.3 Å². The molecule has 1 aromatic carbocycles. The highest BCUT2D eigenvalue weighted by atomic mass is 19.4. The van der Waals surface area contributed by atoms with Gasteiger partial charge in [-0.25, -0.2) is 14.5 Å². The molecule has 0 bridgehead atoms. The molecule has 9 heteroatoms. The molecule has 0 aliphatic heterocycles. The molecule has 1 amide bonds. The first-order valence-corrected chi connectivity index (χ1v) is 8.58. The molecule has 146 valence electrons. The number of benzene rings is 1. The Morgan fingerprint density at radius 2 is 1.86 bits per heavy atom. The van der Waals surface area contributed by atoms with E-state index in [2.05, 4.69) is 20.4 Å². The smallest absolute Gasteiger partial charge is 0.305 e. The number of hydrogen-bond donors (Lipinski definition) is 1. The maximum atomic E-state index is 13.4. The number of anilines is 1. The summed E-state index contributed by atoms with van der Waals surface area (Å²) in [7, 11) is 0. The zero-order valence-corrected chi connectivity index (χ0v) is 15.1. The second kappa shape index (κ2) is 7.01. The third kappa shape index (κ3) is 3.66. The van der Waals surface area contributed by atoms with Crippen molar-refractivity contribution < 1.29 is 18.0 Å². The molecule has 29 heavy (non-hydrogen) atoms. The topological polar surface area (TPSA) is 72.2 Å². The van der Waals surface area contributed by atoms with Crippen molar-refractivity contribution in [2.45, 2.75) is 13.1 Å². The molecule has 0 unspecified atom stereocenters. The lowest BCUT2D eigenvalue weighted by molar-refractivity contribution is -0.137. The normalized spacial score (nSPS) is 11.6. The monoisotopic (exact) mass is 397 g/mol. The van der Waals surface area contributed by atoms with E-state index < -0.39 is 17.6 Å². The van der Waals surface area contributed by atoms with Gasteiger partial charge in [0.15, 0.2) is 11.3 Å². The lowest BCUT2D eigenvalue weighted by Gasteiger charge is -2.12. The maximum absolute atomic E-state index is 13.4. The molecule has 6 nitrogen and oxygen atoms in total. The fourth-order valence-corrected chi connectivity index (χ4v) is 2.91. The summed E-state index contributed by atoms with van der Waals surface area (Å²) < 4.78 is 41.3. The molecular formula is C20H14F3N5O. The van der Waals surface area contributed by atoms with Gasteiger partial charge >= 0.3 is 6.18 Å². The van der Waals surface area contributed by atoms with E-state index in [1.165, 1.54) is 41.0 Å². The van der Waals surface area contributed by atoms with Crippen LogP contribution in [0.2, 0.25) is 0 Å². The summed E-state index contributed by atoms with van der Waals surface area (Å²) in [6.45, 7) is 1.86. The molecule has 4 aromatic rings. The number of hydrogen-bond acceptors (Lipinski definition) is 4. The summed E-state index contributed by atoms with van der Waals surface area (Å²) in [5.74, 6) is -0.173. The van der Waals surface area contributed by atoms with Gasteiger partial charge in [-0.15, -0.1) is 0 Å². The van der Waals surface area contributed by atoms with E-state index in [-0.39, 0.29) is 17.0 Å². The fraction of sp³-hybridized carbons (Fsp3) is 0.100. The van der Waals surface area contributed by atoms with Crippen LogP contribution < -0.4 is 5.32 Å². The van der Waals surface area contributed by atoms with Crippen LogP contribution in [0.5, 0.6) is 0 Å². The van der Waals surface area contributed by atoms with E-state index in [1.54, 1.807) is 18.3 Å². The second-order valence-electron chi connectivity index (χ2n) is 6.35. The van der Waals surface area contributed by atoms with Crippen LogP contribution in [0.25, 0.3) is 16.9 Å². The van der Waals surface area contributed by atoms with Gasteiger partial charge in [-0.3, -0.25) is 4.79 Å². The Bertz CT molecular complexity index is 1220. The van der Waals surface area contributed by atoms with Gasteiger partial charge in [-0.1, -0.05) is 18.2 Å². The molecule has 0 saturated carbocycles. The number of carbonyl (C=O) groups excluding carboxylic acids is 1. The van der Waals surface area contributed by atoms with Crippen molar-refractivity contribution in [3.63, 3.8) is 0 Å². The number of aromatic nitrogens is 4. The number of rotatable bonds is 3. The molecule has 0 aliphatic rings. The number of aryl methyl sites for hydroxylation is 1. The number of pyridine rings is 1. The van der Waals surface area contributed by atoms with Crippen LogP contribution in [0, 0.1) is 6.92 Å². The van der Waals surface area contributed by atoms with Crippen LogP contribution in [0.4, 0.5) is 19.0 Å². The predicted molar refractivity (Wildman–Crippen MR) is 100 cm³/mol. The van der Waals surface area contributed by atoms with Crippen molar-refractivity contribution in [1.29, 1.82) is 0 Å². The van der Waals surface area contributed by atoms with Gasteiger partial charge in [0.2, 0.25) is 0 Å². The summed E-state index contributed by atoms with van der Waals surface area (Å²) in [4.78, 5) is 20.8. The second-order valence-corrected chi connectivity index (χ2v) is 6.35. The molecule has 3 heterocycles. The van der Waals surface area contributed by atoms with Crippen molar-refractivity contribution in [1.82, 2.24) is 19.6 Å². The Morgan fingerprint density at radius 3 is 2.62 bits per heavy atom. The van der Waals surface area contributed by atoms with E-state index in [9.17, 15) is 18.0 Å². The van der Waals surface area contributed by atoms with Crippen molar-refractivity contribution in [3.05, 3.63) is 77.7 Å². The van der Waals surface area contributed by atoms with Gasteiger partial charge in [-0.2, -0.15) is 18.3 Å². The Hall–Kier alpha value is -3.75. The molecule has 3 aromatic heterocycles. The first kappa shape index (κ1) is 18.6. The standard InChI is InChI=1S/C20H14F3N5O/c1-12-8-9-24-17(10-12)26-19(29)16-11-25-18-7-6-15(27-28(16)18)13-4-2-3-5-14(13)20(21,22)23/h2-11H,1H3,(H,24,26,29). The Kier molecular flexibility index (Phi) is 4.50. The minimum absolute atomic E-state index is 0.0751. The van der Waals surface area contributed by atoms with Gasteiger partial charge < -0.3 is 5.32 Å². The minimum Gasteiger partial charge on any atom is -0.305 e. The van der Waals surface area contributed by atoms with Crippen molar-refractivity contribution in [2.24, 2.45) is 0 Å². The van der Waals surface area contributed by atoms with E-state index in [0.29, 0.717) is 11.5 Å². The highest BCUT2D eigenvalue weighted by molar-refractivity contribution is 6.02. The SMILES string of the molecule is Cc1ccnc(NC(=O)c2cnc3ccc(-c4ccccc4C(F)(F)F)nn23)c1. The van der Waals surface area contributed by atoms with Crippen LogP contribution in [0.1, 0.15) is 21.6 Å². The third-order valence-corrected chi connectivity index (χ3v) is 4.26. The number of fused-ring (bicyclic) bond motifs is 1. The molecule has 4 rings (SSSR count). The summed E-state index contributed by atoms with van der Waals surface area (Å²) in [6.07, 6.45) is -1.66. The number of imidazole rings is 1. The van der Waals surface area contributed by atoms with Crippen LogP contribution in [-0.4, -0.2) is 25.5 Å². The van der Waals surface area contributed by atoms with Gasteiger partial charge in [0.1, 0.15) is 5.82 Å². The van der Waals surface area contributed by atoms with E-state index in [4.69, 9.17) is 0 Å². The fourth-order valence-electron chi connectivity index (χ4n) is 2.91. The Morgan fingerprint density at radius 1 is 1.07 bits per heavy atom. The maximum Gasteiger partial charge on any atom is 0.417 e. The van der Waals surface area contributed by atoms with Crippen LogP contribution >= 0.6 is 0 Å². The molecule has 1 N–H and O–H groups in total. The summed E-state index contributed by atoms with van der Waals surface area (Å²) in [6, 6.07) is 11.6. The number of halogens is 3. The number of alkyl halides is 3. The molecule has 0 atom stereocenters. The highest BCUT2D eigenvalue weighted by Crippen LogP contribution is 2.36. The van der Waals surface area contributed by atoms with Crippen LogP contribution in [-0.2, 0) is 6.18 Å². The van der Waals surface area contributed by atoms with Crippen LogP contribution in [0.3, 0.4) is 0 Å². The number of nitrogens with one attached hydrogen (secondary N) is 1. The van der Waals surface area contributed by atoms with Crippen molar-refractivity contribution in [2.75, 3.05) is 5.32 Å². The average Bonchev–Trinajstić information content (AvgIpc) is 3.10. The zero-order valence-electron chi connectivity index (χ0n) is 15.1. The molecule has 0 saturated heterocycles. The first-order valence-electron chi connectivity index (χ1n) is 8.58. The Labute approximate surface area is 163 Å². The Balaban J connectivity index is 1.75.